The monoisotopic (exact) mass is 519 g/mol. The summed E-state index contributed by atoms with van der Waals surface area (Å²) in [5.41, 5.74) is -0.888. The van der Waals surface area contributed by atoms with Crippen molar-refractivity contribution >= 4 is 35.6 Å². The molecule has 0 radical (unpaired) electrons. The third kappa shape index (κ3) is 6.45. The summed E-state index contributed by atoms with van der Waals surface area (Å²) in [5.74, 6) is -2.13. The summed E-state index contributed by atoms with van der Waals surface area (Å²) in [6.07, 6.45) is -4.82. The summed E-state index contributed by atoms with van der Waals surface area (Å²) in [7, 11) is 1.57. The highest BCUT2D eigenvalue weighted by atomic mass is 32.2. The van der Waals surface area contributed by atoms with Crippen LogP contribution in [0.2, 0.25) is 0 Å². The molecular weight excluding hydrogens is 486 g/mol. The van der Waals surface area contributed by atoms with Crippen LogP contribution in [0.5, 0.6) is 0 Å². The molecule has 198 valence electrons. The molecule has 0 aliphatic carbocycles. The van der Waals surface area contributed by atoms with Gasteiger partial charge in [0, 0.05) is 41.3 Å². The Morgan fingerprint density at radius 1 is 0.943 bits per heavy atom. The fraction of sp³-hybridized carbons (Fsp3) is 0.818. The zero-order chi connectivity index (χ0) is 25.9. The third-order valence-electron chi connectivity index (χ3n) is 6.02. The highest BCUT2D eigenvalue weighted by molar-refractivity contribution is 8.01. The predicted octanol–water partition coefficient (Wildman–Crippen LogP) is 0.295. The molecule has 3 fully saturated rings. The highest BCUT2D eigenvalue weighted by Crippen LogP contribution is 2.49. The Kier molecular flexibility index (Phi) is 9.02. The van der Waals surface area contributed by atoms with Gasteiger partial charge in [0.2, 0.25) is 5.91 Å². The first kappa shape index (κ1) is 27.7. The molecule has 0 aromatic heterocycles. The Hall–Kier alpha value is -1.93. The van der Waals surface area contributed by atoms with E-state index in [9.17, 15) is 19.2 Å². The summed E-state index contributed by atoms with van der Waals surface area (Å²) in [6, 6.07) is 0. The Morgan fingerprint density at radius 3 is 2.11 bits per heavy atom. The van der Waals surface area contributed by atoms with Crippen LogP contribution in [0.1, 0.15) is 41.0 Å². The van der Waals surface area contributed by atoms with Gasteiger partial charge in [0.15, 0.2) is 24.6 Å². The lowest BCUT2D eigenvalue weighted by Crippen LogP contribution is -2.62. The second-order valence-corrected chi connectivity index (χ2v) is 10.4. The van der Waals surface area contributed by atoms with E-state index < -0.39 is 58.8 Å². The van der Waals surface area contributed by atoms with Crippen molar-refractivity contribution in [1.82, 2.24) is 5.32 Å². The number of carbonyl (C=O) groups excluding carboxylic acids is 4. The van der Waals surface area contributed by atoms with E-state index in [-0.39, 0.29) is 24.7 Å². The molecule has 1 amide bonds. The first-order chi connectivity index (χ1) is 16.5. The number of methoxy groups -OCH3 is 1. The number of amides is 1. The van der Waals surface area contributed by atoms with E-state index in [1.54, 1.807) is 14.0 Å². The lowest BCUT2D eigenvalue weighted by atomic mass is 9.94. The number of thioether (sulfide) groups is 1. The van der Waals surface area contributed by atoms with Gasteiger partial charge in [0.05, 0.1) is 23.6 Å². The van der Waals surface area contributed by atoms with E-state index in [0.29, 0.717) is 13.0 Å². The van der Waals surface area contributed by atoms with Crippen molar-refractivity contribution in [3.8, 4) is 0 Å². The molecule has 0 aromatic rings. The molecule has 3 aliphatic rings. The summed E-state index contributed by atoms with van der Waals surface area (Å²) < 4.78 is 39.4. The molecule has 0 spiro atoms. The maximum absolute atomic E-state index is 12.1. The van der Waals surface area contributed by atoms with Gasteiger partial charge in [-0.2, -0.15) is 0 Å². The molecule has 3 saturated heterocycles. The molecule has 13 heteroatoms. The third-order valence-corrected chi connectivity index (χ3v) is 7.61. The first-order valence-corrected chi connectivity index (χ1v) is 12.2. The topological polar surface area (TPSA) is 145 Å². The van der Waals surface area contributed by atoms with Crippen molar-refractivity contribution < 1.29 is 52.3 Å². The van der Waals surface area contributed by atoms with Crippen LogP contribution in [0, 0.1) is 0 Å². The minimum Gasteiger partial charge on any atom is -0.456 e. The second-order valence-electron chi connectivity index (χ2n) is 8.84. The maximum atomic E-state index is 12.1. The van der Waals surface area contributed by atoms with E-state index in [1.807, 2.05) is 0 Å². The van der Waals surface area contributed by atoms with Gasteiger partial charge in [-0.3, -0.25) is 19.2 Å². The van der Waals surface area contributed by atoms with Crippen LogP contribution < -0.4 is 5.32 Å². The van der Waals surface area contributed by atoms with Gasteiger partial charge in [0.25, 0.3) is 0 Å². The van der Waals surface area contributed by atoms with Crippen LogP contribution in [0.15, 0.2) is 0 Å². The van der Waals surface area contributed by atoms with Crippen molar-refractivity contribution in [3.63, 3.8) is 0 Å². The Morgan fingerprint density at radius 2 is 1.54 bits per heavy atom. The van der Waals surface area contributed by atoms with E-state index in [2.05, 4.69) is 5.32 Å². The van der Waals surface area contributed by atoms with Crippen LogP contribution in [-0.2, 0) is 52.3 Å². The molecule has 0 saturated carbocycles. The van der Waals surface area contributed by atoms with Gasteiger partial charge in [-0.05, 0) is 13.3 Å². The second kappa shape index (κ2) is 11.4. The van der Waals surface area contributed by atoms with E-state index in [1.165, 1.54) is 39.5 Å². The molecule has 35 heavy (non-hydrogen) atoms. The average molecular weight is 520 g/mol. The minimum absolute atomic E-state index is 0.150. The number of hydrogen-bond donors (Lipinski definition) is 1. The van der Waals surface area contributed by atoms with Crippen molar-refractivity contribution in [2.45, 2.75) is 94.1 Å². The number of hydrogen-bond acceptors (Lipinski definition) is 12. The molecule has 3 rings (SSSR count). The summed E-state index contributed by atoms with van der Waals surface area (Å²) in [4.78, 5) is 47.6. The zero-order valence-corrected chi connectivity index (χ0v) is 21.5. The number of rotatable bonds is 8. The zero-order valence-electron chi connectivity index (χ0n) is 20.6. The van der Waals surface area contributed by atoms with Crippen LogP contribution >= 0.6 is 11.8 Å². The standard InChI is InChI=1S/C22H33NO11S/c1-10-17(31-12(3)25)18(32-13(4)26)19(33-14(5)27)20(30-10)35-22(9-23-11(2)24)7-15(28-6)16-8-29-21(22)34-16/h10,15-21H,7-9H2,1-6H3,(H,23,24)/t10-,15-,16+,17+,18+,19-,20-,21?,22+/m0/s1. The smallest absolute Gasteiger partial charge is 0.303 e. The van der Waals surface area contributed by atoms with Gasteiger partial charge in [-0.25, -0.2) is 0 Å². The van der Waals surface area contributed by atoms with Crippen LogP contribution in [0.3, 0.4) is 0 Å². The molecule has 1 unspecified atom stereocenters. The number of fused-ring (bicyclic) bond motifs is 2. The molecule has 1 N–H and O–H groups in total. The van der Waals surface area contributed by atoms with Crippen molar-refractivity contribution in [3.05, 3.63) is 0 Å². The summed E-state index contributed by atoms with van der Waals surface area (Å²) in [5, 5.41) is 2.82. The lowest BCUT2D eigenvalue weighted by Gasteiger charge is -2.49. The van der Waals surface area contributed by atoms with Gasteiger partial charge in [0.1, 0.15) is 11.5 Å². The van der Waals surface area contributed by atoms with Crippen LogP contribution in [-0.4, -0.2) is 97.2 Å². The van der Waals surface area contributed by atoms with Crippen molar-refractivity contribution in [1.29, 1.82) is 0 Å². The van der Waals surface area contributed by atoms with Crippen molar-refractivity contribution in [2.24, 2.45) is 0 Å². The SMILES string of the molecule is CO[C@H]1C[C@](CNC(C)=O)(S[C@@H]2O[C@@H](C)[C@@H](OC(C)=O)[C@@H](OC(C)=O)[C@@H]2OC(C)=O)C2OC[C@H]1O2. The van der Waals surface area contributed by atoms with Crippen molar-refractivity contribution in [2.75, 3.05) is 20.3 Å². The first-order valence-electron chi connectivity index (χ1n) is 11.3. The molecular formula is C22H33NO11S. The van der Waals surface area contributed by atoms with E-state index in [0.717, 1.165) is 0 Å². The molecule has 3 aliphatic heterocycles. The van der Waals surface area contributed by atoms with Gasteiger partial charge < -0.3 is 38.5 Å². The molecule has 0 aromatic carbocycles. The summed E-state index contributed by atoms with van der Waals surface area (Å²) >= 11 is 1.24. The average Bonchev–Trinajstić information content (AvgIpc) is 3.20. The minimum atomic E-state index is -1.13. The molecule has 3 heterocycles. The summed E-state index contributed by atoms with van der Waals surface area (Å²) in [6.45, 7) is 7.19. The van der Waals surface area contributed by atoms with E-state index in [4.69, 9.17) is 33.2 Å². The highest BCUT2D eigenvalue weighted by Gasteiger charge is 2.59. The van der Waals surface area contributed by atoms with Gasteiger partial charge >= 0.3 is 17.9 Å². The Bertz CT molecular complexity index is 825. The quantitative estimate of drug-likeness (QED) is 0.348. The van der Waals surface area contributed by atoms with Gasteiger partial charge in [-0.1, -0.05) is 0 Å². The van der Waals surface area contributed by atoms with Gasteiger partial charge in [-0.15, -0.1) is 11.8 Å². The molecule has 12 nitrogen and oxygen atoms in total. The number of ether oxygens (including phenoxy) is 7. The van der Waals surface area contributed by atoms with E-state index >= 15 is 0 Å². The normalized spacial score (nSPS) is 38.3. The number of carbonyl (C=O) groups is 4. The fourth-order valence-electron chi connectivity index (χ4n) is 4.56. The Labute approximate surface area is 207 Å². The number of esters is 3. The maximum Gasteiger partial charge on any atom is 0.303 e. The van der Waals surface area contributed by atoms with Crippen LogP contribution in [0.25, 0.3) is 0 Å². The number of nitrogens with one attached hydrogen (secondary N) is 1. The fourth-order valence-corrected chi connectivity index (χ4v) is 6.25. The molecule has 2 bridgehead atoms. The lowest BCUT2D eigenvalue weighted by molar-refractivity contribution is -0.229. The predicted molar refractivity (Wildman–Crippen MR) is 120 cm³/mol. The van der Waals surface area contributed by atoms with Crippen LogP contribution in [0.4, 0.5) is 0 Å². The Balaban J connectivity index is 1.97. The molecule has 9 atom stereocenters. The largest absolute Gasteiger partial charge is 0.456 e.